The number of anilines is 1. The number of nitrogens with zero attached hydrogens (tertiary/aromatic N) is 1. The molecule has 1 heterocycles. The zero-order valence-corrected chi connectivity index (χ0v) is 9.94. The first kappa shape index (κ1) is 10.8. The fraction of sp³-hybridized carbons (Fsp3) is 0.300. The summed E-state index contributed by atoms with van der Waals surface area (Å²) in [6.07, 6.45) is -0.520. The number of aliphatic hydroxyl groups is 1. The molecule has 0 bridgehead atoms. The minimum atomic E-state index is -0.639. The summed E-state index contributed by atoms with van der Waals surface area (Å²) in [7, 11) is 0. The highest BCUT2D eigenvalue weighted by atomic mass is 127. The van der Waals surface area contributed by atoms with Crippen LogP contribution in [-0.2, 0) is 4.79 Å². The highest BCUT2D eigenvalue weighted by molar-refractivity contribution is 14.1. The Morgan fingerprint density at radius 2 is 2.27 bits per heavy atom. The maximum Gasteiger partial charge on any atom is 0.229 e. The Morgan fingerprint density at radius 3 is 2.80 bits per heavy atom. The summed E-state index contributed by atoms with van der Waals surface area (Å²) in [5.74, 6) is -0.509. The van der Waals surface area contributed by atoms with Crippen LogP contribution < -0.4 is 4.90 Å². The van der Waals surface area contributed by atoms with Gasteiger partial charge in [0.15, 0.2) is 0 Å². The smallest absolute Gasteiger partial charge is 0.229 e. The number of halogens is 2. The Morgan fingerprint density at radius 1 is 1.53 bits per heavy atom. The molecule has 2 rings (SSSR count). The summed E-state index contributed by atoms with van der Waals surface area (Å²) in [6, 6.07) is 4.61. The van der Waals surface area contributed by atoms with Gasteiger partial charge in [0.05, 0.1) is 19.1 Å². The minimum Gasteiger partial charge on any atom is -0.391 e. The molecule has 1 aliphatic rings. The molecule has 1 N–H and O–H groups in total. The van der Waals surface area contributed by atoms with Crippen molar-refractivity contribution in [2.24, 2.45) is 0 Å². The van der Waals surface area contributed by atoms with E-state index >= 15 is 0 Å². The van der Waals surface area contributed by atoms with Gasteiger partial charge in [0, 0.05) is 9.26 Å². The number of rotatable bonds is 1. The molecule has 1 aromatic rings. The molecule has 80 valence electrons. The average Bonchev–Trinajstić information content (AvgIpc) is 2.50. The van der Waals surface area contributed by atoms with E-state index < -0.39 is 6.10 Å². The third kappa shape index (κ3) is 2.12. The second kappa shape index (κ2) is 4.05. The van der Waals surface area contributed by atoms with Gasteiger partial charge in [-0.3, -0.25) is 4.79 Å². The topological polar surface area (TPSA) is 40.5 Å². The second-order valence-electron chi connectivity index (χ2n) is 3.46. The molecule has 3 nitrogen and oxygen atoms in total. The number of hydrogen-bond donors (Lipinski definition) is 1. The van der Waals surface area contributed by atoms with Gasteiger partial charge in [0.25, 0.3) is 0 Å². The molecular weight excluding hydrogens is 312 g/mol. The normalized spacial score (nSPS) is 21.1. The van der Waals surface area contributed by atoms with Crippen LogP contribution in [0.2, 0.25) is 0 Å². The van der Waals surface area contributed by atoms with Crippen LogP contribution in [-0.4, -0.2) is 23.7 Å². The van der Waals surface area contributed by atoms with Crippen LogP contribution in [0.25, 0.3) is 0 Å². The molecule has 5 heteroatoms. The van der Waals surface area contributed by atoms with Gasteiger partial charge in [-0.25, -0.2) is 4.39 Å². The minimum absolute atomic E-state index is 0.119. The maximum atomic E-state index is 13.2. The summed E-state index contributed by atoms with van der Waals surface area (Å²) in [5, 5.41) is 9.30. The lowest BCUT2D eigenvalue weighted by molar-refractivity contribution is -0.117. The van der Waals surface area contributed by atoms with Gasteiger partial charge >= 0.3 is 0 Å². The monoisotopic (exact) mass is 321 g/mol. The van der Waals surface area contributed by atoms with Crippen molar-refractivity contribution >= 4 is 34.2 Å². The second-order valence-corrected chi connectivity index (χ2v) is 4.62. The number of carbonyl (C=O) groups is 1. The number of hydrogen-bond acceptors (Lipinski definition) is 2. The summed E-state index contributed by atoms with van der Waals surface area (Å²) in [6.45, 7) is 0.249. The number of benzene rings is 1. The molecule has 1 aromatic carbocycles. The third-order valence-electron chi connectivity index (χ3n) is 2.32. The molecular formula is C10H9FINO2. The van der Waals surface area contributed by atoms with Gasteiger partial charge in [0.1, 0.15) is 5.82 Å². The van der Waals surface area contributed by atoms with Gasteiger partial charge in [-0.1, -0.05) is 0 Å². The zero-order chi connectivity index (χ0) is 11.0. The lowest BCUT2D eigenvalue weighted by atomic mass is 10.3. The lowest BCUT2D eigenvalue weighted by Gasteiger charge is -2.15. The molecule has 1 saturated heterocycles. The molecule has 15 heavy (non-hydrogen) atoms. The van der Waals surface area contributed by atoms with Crippen molar-refractivity contribution in [1.29, 1.82) is 0 Å². The molecule has 0 spiro atoms. The van der Waals surface area contributed by atoms with Gasteiger partial charge < -0.3 is 10.0 Å². The molecule has 1 aliphatic heterocycles. The summed E-state index contributed by atoms with van der Waals surface area (Å²) in [5.41, 5.74) is 0.509. The number of amides is 1. The Labute approximate surface area is 100 Å². The molecule has 1 fully saturated rings. The van der Waals surface area contributed by atoms with Gasteiger partial charge in [-0.2, -0.15) is 0 Å². The molecule has 1 amide bonds. The van der Waals surface area contributed by atoms with E-state index in [4.69, 9.17) is 0 Å². The zero-order valence-electron chi connectivity index (χ0n) is 7.78. The number of carbonyl (C=O) groups excluding carboxylic acids is 1. The summed E-state index contributed by atoms with van der Waals surface area (Å²) < 4.78 is 13.8. The van der Waals surface area contributed by atoms with Crippen molar-refractivity contribution in [2.75, 3.05) is 11.4 Å². The molecule has 1 atom stereocenters. The van der Waals surface area contributed by atoms with E-state index in [0.717, 1.165) is 0 Å². The largest absolute Gasteiger partial charge is 0.391 e. The van der Waals surface area contributed by atoms with Crippen LogP contribution in [0.5, 0.6) is 0 Å². The highest BCUT2D eigenvalue weighted by Gasteiger charge is 2.29. The molecule has 0 radical (unpaired) electrons. The van der Waals surface area contributed by atoms with Crippen LogP contribution in [0.4, 0.5) is 10.1 Å². The molecule has 0 aromatic heterocycles. The summed E-state index contributed by atoms with van der Waals surface area (Å²) >= 11 is 1.89. The van der Waals surface area contributed by atoms with Crippen LogP contribution in [0.1, 0.15) is 6.42 Å². The predicted molar refractivity (Wildman–Crippen MR) is 62.1 cm³/mol. The van der Waals surface area contributed by atoms with E-state index in [0.29, 0.717) is 9.26 Å². The summed E-state index contributed by atoms with van der Waals surface area (Å²) in [4.78, 5) is 12.8. The van der Waals surface area contributed by atoms with Crippen LogP contribution in [0, 0.1) is 9.39 Å². The van der Waals surface area contributed by atoms with Gasteiger partial charge in [-0.15, -0.1) is 0 Å². The Bertz CT molecular complexity index is 410. The molecule has 1 unspecified atom stereocenters. The Balaban J connectivity index is 2.30. The standard InChI is InChI=1S/C10H9FINO2/c11-8-3-6(1-2-9(8)12)13-5-7(14)4-10(13)15/h1-3,7,14H,4-5H2. The Kier molecular flexibility index (Phi) is 2.92. The van der Waals surface area contributed by atoms with E-state index in [1.165, 1.54) is 11.0 Å². The van der Waals surface area contributed by atoms with Crippen molar-refractivity contribution in [1.82, 2.24) is 0 Å². The number of β-amino-alcohol motifs (C(OH)–C–C–N with tert-alkyl or cyclic N) is 1. The SMILES string of the molecule is O=C1CC(O)CN1c1ccc(I)c(F)c1. The quantitative estimate of drug-likeness (QED) is 0.797. The fourth-order valence-corrected chi connectivity index (χ4v) is 1.93. The molecule has 0 aliphatic carbocycles. The van der Waals surface area contributed by atoms with Gasteiger partial charge in [0.2, 0.25) is 5.91 Å². The average molecular weight is 321 g/mol. The van der Waals surface area contributed by atoms with E-state index in [9.17, 15) is 14.3 Å². The van der Waals surface area contributed by atoms with Crippen LogP contribution >= 0.6 is 22.6 Å². The first-order chi connectivity index (χ1) is 7.08. The van der Waals surface area contributed by atoms with E-state index in [-0.39, 0.29) is 24.7 Å². The maximum absolute atomic E-state index is 13.2. The predicted octanol–water partition coefficient (Wildman–Crippen LogP) is 1.53. The van der Waals surface area contributed by atoms with Crippen molar-refractivity contribution in [3.8, 4) is 0 Å². The van der Waals surface area contributed by atoms with Crippen molar-refractivity contribution < 1.29 is 14.3 Å². The van der Waals surface area contributed by atoms with Crippen molar-refractivity contribution in [3.63, 3.8) is 0 Å². The van der Waals surface area contributed by atoms with Crippen LogP contribution in [0.3, 0.4) is 0 Å². The first-order valence-corrected chi connectivity index (χ1v) is 5.59. The first-order valence-electron chi connectivity index (χ1n) is 4.51. The Hall–Kier alpha value is -0.690. The van der Waals surface area contributed by atoms with E-state index in [1.54, 1.807) is 12.1 Å². The lowest BCUT2D eigenvalue weighted by Crippen LogP contribution is -2.25. The van der Waals surface area contributed by atoms with Gasteiger partial charge in [-0.05, 0) is 40.8 Å². The highest BCUT2D eigenvalue weighted by Crippen LogP contribution is 2.24. The third-order valence-corrected chi connectivity index (χ3v) is 3.19. The van der Waals surface area contributed by atoms with E-state index in [2.05, 4.69) is 0 Å². The van der Waals surface area contributed by atoms with Crippen molar-refractivity contribution in [3.05, 3.63) is 27.6 Å². The van der Waals surface area contributed by atoms with E-state index in [1.807, 2.05) is 22.6 Å². The molecule has 0 saturated carbocycles. The van der Waals surface area contributed by atoms with Crippen LogP contribution in [0.15, 0.2) is 18.2 Å². The fourth-order valence-electron chi connectivity index (χ4n) is 1.59. The number of aliphatic hydroxyl groups excluding tert-OH is 1. The van der Waals surface area contributed by atoms with Crippen molar-refractivity contribution in [2.45, 2.75) is 12.5 Å².